The highest BCUT2D eigenvalue weighted by Gasteiger charge is 2.31. The summed E-state index contributed by atoms with van der Waals surface area (Å²) >= 11 is 6.31. The average Bonchev–Trinajstić information content (AvgIpc) is 3.16. The van der Waals surface area contributed by atoms with Crippen LogP contribution >= 0.6 is 11.6 Å². The van der Waals surface area contributed by atoms with Gasteiger partial charge in [-0.2, -0.15) is 18.3 Å². The number of hydrogen-bond donors (Lipinski definition) is 3. The Hall–Kier alpha value is -3.54. The Morgan fingerprint density at radius 2 is 1.95 bits per heavy atom. The third-order valence-electron chi connectivity index (χ3n) is 5.88. The summed E-state index contributed by atoms with van der Waals surface area (Å²) in [4.78, 5) is 14.8. The van der Waals surface area contributed by atoms with Crippen LogP contribution in [-0.4, -0.2) is 34.2 Å². The van der Waals surface area contributed by atoms with Crippen LogP contribution in [0.4, 0.5) is 24.5 Å². The van der Waals surface area contributed by atoms with E-state index in [0.717, 1.165) is 17.8 Å². The first-order chi connectivity index (χ1) is 17.3. The molecule has 0 aliphatic heterocycles. The maximum atomic E-state index is 13.5. The summed E-state index contributed by atoms with van der Waals surface area (Å²) in [5, 5.41) is 8.11. The van der Waals surface area contributed by atoms with Crippen molar-refractivity contribution in [1.82, 2.24) is 14.7 Å². The molecule has 0 saturated carbocycles. The molecule has 3 rings (SSSR count). The summed E-state index contributed by atoms with van der Waals surface area (Å²) in [6.07, 6.45) is -1.52. The largest absolute Gasteiger partial charge is 0.416 e. The quantitative estimate of drug-likeness (QED) is 0.284. The highest BCUT2D eigenvalue weighted by atomic mass is 35.5. The molecule has 37 heavy (non-hydrogen) atoms. The van der Waals surface area contributed by atoms with Crippen molar-refractivity contribution < 1.29 is 18.0 Å². The zero-order valence-electron chi connectivity index (χ0n) is 20.9. The molecule has 0 aliphatic carbocycles. The highest BCUT2D eigenvalue weighted by molar-refractivity contribution is 6.33. The molecule has 1 amide bonds. The van der Waals surface area contributed by atoms with Crippen LogP contribution in [0, 0.1) is 6.92 Å². The van der Waals surface area contributed by atoms with Crippen molar-refractivity contribution in [3.8, 4) is 0 Å². The molecule has 0 atom stereocenters. The van der Waals surface area contributed by atoms with E-state index in [0.29, 0.717) is 29.9 Å². The highest BCUT2D eigenvalue weighted by Crippen LogP contribution is 2.33. The second-order valence-corrected chi connectivity index (χ2v) is 9.03. The number of nitrogens with two attached hydrogens (primary N) is 2. The number of aryl methyl sites for hydroxylation is 1. The number of amides is 1. The van der Waals surface area contributed by atoms with Crippen molar-refractivity contribution in [3.05, 3.63) is 81.8 Å². The number of halogens is 4. The van der Waals surface area contributed by atoms with Gasteiger partial charge < -0.3 is 16.0 Å². The van der Waals surface area contributed by atoms with Crippen molar-refractivity contribution in [3.63, 3.8) is 0 Å². The summed E-state index contributed by atoms with van der Waals surface area (Å²) in [5.41, 5.74) is 8.02. The van der Waals surface area contributed by atoms with Gasteiger partial charge in [0.2, 0.25) is 0 Å². The molecule has 0 aliphatic rings. The maximum Gasteiger partial charge on any atom is 0.416 e. The van der Waals surface area contributed by atoms with Crippen LogP contribution in [0.15, 0.2) is 48.8 Å². The standard InChI is InChI=1S/C25H29ClF3N7O/c1-5-34(3)13-16-8-18(25(27,28)29)11-19(9-16)33-24(37)17-6-7-21(26)23(10-17)36(31)14-22(30)20-12-32-35(4)15(20)2/h6-12,14H,5,13,30-31H2,1-4H3,(H,33,37)/b22-14-. The molecule has 0 saturated heterocycles. The Morgan fingerprint density at radius 3 is 2.54 bits per heavy atom. The van der Waals surface area contributed by atoms with E-state index >= 15 is 0 Å². The molecule has 1 aromatic heterocycles. The Labute approximate surface area is 218 Å². The third-order valence-corrected chi connectivity index (χ3v) is 6.20. The van der Waals surface area contributed by atoms with Crippen LogP contribution < -0.4 is 21.9 Å². The normalized spacial score (nSPS) is 12.2. The van der Waals surface area contributed by atoms with Gasteiger partial charge in [0.15, 0.2) is 0 Å². The lowest BCUT2D eigenvalue weighted by Gasteiger charge is -2.19. The fraction of sp³-hybridized carbons (Fsp3) is 0.280. The van der Waals surface area contributed by atoms with Crippen LogP contribution in [0.5, 0.6) is 0 Å². The molecule has 0 radical (unpaired) electrons. The van der Waals surface area contributed by atoms with E-state index in [1.807, 2.05) is 18.7 Å². The Balaban J connectivity index is 1.88. The van der Waals surface area contributed by atoms with E-state index < -0.39 is 17.6 Å². The molecular formula is C25H29ClF3N7O. The van der Waals surface area contributed by atoms with Crippen molar-refractivity contribution in [2.45, 2.75) is 26.6 Å². The zero-order chi connectivity index (χ0) is 27.5. The minimum Gasteiger partial charge on any atom is -0.397 e. The molecule has 0 spiro atoms. The van der Waals surface area contributed by atoms with Gasteiger partial charge >= 0.3 is 6.18 Å². The Bertz CT molecular complexity index is 1320. The smallest absolute Gasteiger partial charge is 0.397 e. The molecule has 8 nitrogen and oxygen atoms in total. The maximum absolute atomic E-state index is 13.5. The average molecular weight is 536 g/mol. The summed E-state index contributed by atoms with van der Waals surface area (Å²) < 4.78 is 42.1. The lowest BCUT2D eigenvalue weighted by atomic mass is 10.1. The van der Waals surface area contributed by atoms with Gasteiger partial charge in [0.05, 0.1) is 28.2 Å². The number of carbonyl (C=O) groups excluding carboxylic acids is 1. The predicted molar refractivity (Wildman–Crippen MR) is 140 cm³/mol. The van der Waals surface area contributed by atoms with E-state index in [-0.39, 0.29) is 22.0 Å². The van der Waals surface area contributed by atoms with Gasteiger partial charge in [0.1, 0.15) is 0 Å². The summed E-state index contributed by atoms with van der Waals surface area (Å²) in [7, 11) is 3.57. The molecule has 1 heterocycles. The first kappa shape index (κ1) is 28.0. The zero-order valence-corrected chi connectivity index (χ0v) is 21.7. The molecule has 0 fully saturated rings. The molecule has 0 unspecified atom stereocenters. The van der Waals surface area contributed by atoms with Gasteiger partial charge in [-0.05, 0) is 62.5 Å². The van der Waals surface area contributed by atoms with Gasteiger partial charge in [-0.1, -0.05) is 18.5 Å². The number of anilines is 2. The van der Waals surface area contributed by atoms with Crippen molar-refractivity contribution in [2.24, 2.45) is 18.6 Å². The SMILES string of the molecule is CCN(C)Cc1cc(NC(=O)c2ccc(Cl)c(N(N)/C=C(\N)c3cnn(C)c3C)c2)cc(C(F)(F)F)c1. The number of carbonyl (C=O) groups is 1. The van der Waals surface area contributed by atoms with E-state index in [1.165, 1.54) is 35.5 Å². The summed E-state index contributed by atoms with van der Waals surface area (Å²) in [6, 6.07) is 7.85. The second-order valence-electron chi connectivity index (χ2n) is 8.63. The number of hydrazine groups is 1. The van der Waals surface area contributed by atoms with Crippen molar-refractivity contribution in [2.75, 3.05) is 23.9 Å². The molecule has 3 aromatic rings. The molecule has 12 heteroatoms. The predicted octanol–water partition coefficient (Wildman–Crippen LogP) is 4.74. The fourth-order valence-electron chi connectivity index (χ4n) is 3.57. The monoisotopic (exact) mass is 535 g/mol. The number of alkyl halides is 3. The molecule has 0 bridgehead atoms. The van der Waals surface area contributed by atoms with Gasteiger partial charge in [0.25, 0.3) is 5.91 Å². The van der Waals surface area contributed by atoms with Crippen LogP contribution in [0.25, 0.3) is 5.70 Å². The number of nitrogens with zero attached hydrogens (tertiary/aromatic N) is 4. The number of nitrogens with one attached hydrogen (secondary N) is 1. The van der Waals surface area contributed by atoms with Crippen LogP contribution in [0.1, 0.15) is 39.7 Å². The number of hydrogen-bond acceptors (Lipinski definition) is 6. The Morgan fingerprint density at radius 1 is 1.24 bits per heavy atom. The fourth-order valence-corrected chi connectivity index (χ4v) is 3.78. The number of benzene rings is 2. The lowest BCUT2D eigenvalue weighted by molar-refractivity contribution is -0.137. The summed E-state index contributed by atoms with van der Waals surface area (Å²) in [6.45, 7) is 4.69. The lowest BCUT2D eigenvalue weighted by Crippen LogP contribution is -2.26. The minimum atomic E-state index is -4.56. The van der Waals surface area contributed by atoms with Crippen LogP contribution in [0.2, 0.25) is 5.02 Å². The van der Waals surface area contributed by atoms with Gasteiger partial charge in [-0.25, -0.2) is 5.84 Å². The summed E-state index contributed by atoms with van der Waals surface area (Å²) in [5.74, 6) is 5.54. The van der Waals surface area contributed by atoms with Crippen LogP contribution in [-0.2, 0) is 19.8 Å². The molecule has 5 N–H and O–H groups in total. The van der Waals surface area contributed by atoms with E-state index in [4.69, 9.17) is 23.2 Å². The van der Waals surface area contributed by atoms with Crippen LogP contribution in [0.3, 0.4) is 0 Å². The molecular weight excluding hydrogens is 507 g/mol. The first-order valence-corrected chi connectivity index (χ1v) is 11.7. The molecule has 2 aromatic carbocycles. The minimum absolute atomic E-state index is 0.0247. The number of aromatic nitrogens is 2. The van der Waals surface area contributed by atoms with Gasteiger partial charge in [0, 0.05) is 42.3 Å². The molecule has 198 valence electrons. The van der Waals surface area contributed by atoms with Crippen molar-refractivity contribution >= 4 is 34.6 Å². The van der Waals surface area contributed by atoms with Crippen molar-refractivity contribution in [1.29, 1.82) is 0 Å². The Kier molecular flexibility index (Phi) is 8.52. The first-order valence-electron chi connectivity index (χ1n) is 11.3. The number of rotatable bonds is 8. The third kappa shape index (κ3) is 6.82. The van der Waals surface area contributed by atoms with Gasteiger partial charge in [-0.15, -0.1) is 0 Å². The topological polar surface area (TPSA) is 105 Å². The van der Waals surface area contributed by atoms with E-state index in [9.17, 15) is 18.0 Å². The second kappa shape index (κ2) is 11.2. The van der Waals surface area contributed by atoms with E-state index in [2.05, 4.69) is 10.4 Å². The van der Waals surface area contributed by atoms with Gasteiger partial charge in [-0.3, -0.25) is 14.5 Å². The van der Waals surface area contributed by atoms with E-state index in [1.54, 1.807) is 25.0 Å².